The fourth-order valence-corrected chi connectivity index (χ4v) is 3.14. The number of rotatable bonds is 1. The summed E-state index contributed by atoms with van der Waals surface area (Å²) in [4.78, 5) is 3.42. The molecular weight excluding hydrogens is 222 g/mol. The molecule has 1 aromatic carbocycles. The highest BCUT2D eigenvalue weighted by Crippen LogP contribution is 2.34. The highest BCUT2D eigenvalue weighted by Gasteiger charge is 2.21. The minimum absolute atomic E-state index is 0.0683. The highest BCUT2D eigenvalue weighted by molar-refractivity contribution is 5.85. The van der Waals surface area contributed by atoms with E-state index < -0.39 is 0 Å². The molecule has 0 amide bonds. The average molecular weight is 243 g/mol. The number of aliphatic hydroxyl groups is 1. The Morgan fingerprint density at radius 3 is 2.56 bits per heavy atom. The molecule has 0 atom stereocenters. The van der Waals surface area contributed by atoms with Crippen LogP contribution in [0.15, 0.2) is 18.2 Å². The van der Waals surface area contributed by atoms with Crippen LogP contribution < -0.4 is 0 Å². The second-order valence-corrected chi connectivity index (χ2v) is 5.69. The lowest BCUT2D eigenvalue weighted by Gasteiger charge is -2.25. The molecule has 1 aliphatic rings. The lowest BCUT2D eigenvalue weighted by molar-refractivity contribution is 0.122. The topological polar surface area (TPSA) is 36.0 Å². The van der Waals surface area contributed by atoms with Crippen molar-refractivity contribution in [3.05, 3.63) is 35.0 Å². The van der Waals surface area contributed by atoms with Gasteiger partial charge in [0.2, 0.25) is 0 Å². The monoisotopic (exact) mass is 243 g/mol. The van der Waals surface area contributed by atoms with E-state index >= 15 is 0 Å². The molecule has 0 spiro atoms. The molecule has 1 fully saturated rings. The Labute approximate surface area is 108 Å². The maximum absolute atomic E-state index is 9.59. The molecule has 0 aliphatic heterocycles. The van der Waals surface area contributed by atoms with E-state index in [1.807, 2.05) is 0 Å². The van der Waals surface area contributed by atoms with Crippen molar-refractivity contribution in [1.82, 2.24) is 4.98 Å². The van der Waals surface area contributed by atoms with Gasteiger partial charge in [-0.3, -0.25) is 0 Å². The summed E-state index contributed by atoms with van der Waals surface area (Å²) >= 11 is 0. The number of aromatic nitrogens is 1. The van der Waals surface area contributed by atoms with Crippen LogP contribution in [-0.4, -0.2) is 16.2 Å². The maximum Gasteiger partial charge on any atom is 0.0540 e. The van der Waals surface area contributed by atoms with Gasteiger partial charge in [0.05, 0.1) is 6.10 Å². The van der Waals surface area contributed by atoms with Crippen molar-refractivity contribution in [2.24, 2.45) is 0 Å². The summed E-state index contributed by atoms with van der Waals surface area (Å²) in [6, 6.07) is 6.80. The van der Waals surface area contributed by atoms with Crippen LogP contribution in [0.3, 0.4) is 0 Å². The van der Waals surface area contributed by atoms with Gasteiger partial charge in [-0.25, -0.2) is 0 Å². The van der Waals surface area contributed by atoms with Crippen molar-refractivity contribution in [3.8, 4) is 0 Å². The Kier molecular flexibility index (Phi) is 2.90. The maximum atomic E-state index is 9.59. The molecule has 1 aromatic heterocycles. The van der Waals surface area contributed by atoms with E-state index in [4.69, 9.17) is 0 Å². The number of aryl methyl sites for hydroxylation is 2. The summed E-state index contributed by atoms with van der Waals surface area (Å²) in [6.07, 6.45) is 4.08. The first-order chi connectivity index (χ1) is 8.65. The van der Waals surface area contributed by atoms with Gasteiger partial charge in [0, 0.05) is 16.6 Å². The molecule has 2 N–H and O–H groups in total. The summed E-state index contributed by atoms with van der Waals surface area (Å²) < 4.78 is 0. The minimum Gasteiger partial charge on any atom is -0.393 e. The van der Waals surface area contributed by atoms with E-state index in [-0.39, 0.29) is 6.10 Å². The Morgan fingerprint density at radius 2 is 1.83 bits per heavy atom. The first-order valence-electron chi connectivity index (χ1n) is 6.92. The summed E-state index contributed by atoms with van der Waals surface area (Å²) in [5.41, 5.74) is 5.31. The highest BCUT2D eigenvalue weighted by atomic mass is 16.3. The standard InChI is InChI=1S/C16H21NO/c1-10-11(2)17-16-8-5-13(9-15(10)16)12-3-6-14(18)7-4-12/h5,8-9,12,14,17-18H,3-4,6-7H2,1-2H3. The van der Waals surface area contributed by atoms with E-state index in [2.05, 4.69) is 37.0 Å². The quantitative estimate of drug-likeness (QED) is 0.785. The van der Waals surface area contributed by atoms with Crippen LogP contribution in [0, 0.1) is 13.8 Å². The number of aliphatic hydroxyl groups excluding tert-OH is 1. The summed E-state index contributed by atoms with van der Waals surface area (Å²) in [7, 11) is 0. The van der Waals surface area contributed by atoms with E-state index in [1.54, 1.807) is 0 Å². The summed E-state index contributed by atoms with van der Waals surface area (Å²) in [5, 5.41) is 10.9. The molecule has 2 heteroatoms. The van der Waals surface area contributed by atoms with E-state index in [0.29, 0.717) is 5.92 Å². The molecule has 1 heterocycles. The number of hydrogen-bond acceptors (Lipinski definition) is 1. The summed E-state index contributed by atoms with van der Waals surface area (Å²) in [5.74, 6) is 0.632. The molecule has 0 bridgehead atoms. The number of aromatic amines is 1. The third-order valence-corrected chi connectivity index (χ3v) is 4.50. The number of hydrogen-bond donors (Lipinski definition) is 2. The van der Waals surface area contributed by atoms with Gasteiger partial charge in [0.1, 0.15) is 0 Å². The second-order valence-electron chi connectivity index (χ2n) is 5.69. The van der Waals surface area contributed by atoms with Crippen molar-refractivity contribution < 1.29 is 5.11 Å². The molecule has 1 saturated carbocycles. The first-order valence-corrected chi connectivity index (χ1v) is 6.92. The van der Waals surface area contributed by atoms with Crippen molar-refractivity contribution in [3.63, 3.8) is 0 Å². The van der Waals surface area contributed by atoms with Crippen molar-refractivity contribution >= 4 is 10.9 Å². The Morgan fingerprint density at radius 1 is 1.11 bits per heavy atom. The zero-order chi connectivity index (χ0) is 12.7. The van der Waals surface area contributed by atoms with Crippen LogP contribution in [0.1, 0.15) is 48.4 Å². The Balaban J connectivity index is 1.95. The Bertz CT molecular complexity index is 562. The molecule has 2 nitrogen and oxygen atoms in total. The largest absolute Gasteiger partial charge is 0.393 e. The van der Waals surface area contributed by atoms with Crippen molar-refractivity contribution in [2.75, 3.05) is 0 Å². The van der Waals surface area contributed by atoms with Gasteiger partial charge in [-0.05, 0) is 68.7 Å². The molecule has 0 radical (unpaired) electrons. The third-order valence-electron chi connectivity index (χ3n) is 4.50. The lowest BCUT2D eigenvalue weighted by Crippen LogP contribution is -2.16. The van der Waals surface area contributed by atoms with Gasteiger partial charge in [-0.15, -0.1) is 0 Å². The predicted octanol–water partition coefficient (Wildman–Crippen LogP) is 3.80. The molecule has 0 saturated heterocycles. The Hall–Kier alpha value is -1.28. The number of benzene rings is 1. The van der Waals surface area contributed by atoms with Crippen LogP contribution in [0.5, 0.6) is 0 Å². The molecule has 96 valence electrons. The number of H-pyrrole nitrogens is 1. The summed E-state index contributed by atoms with van der Waals surface area (Å²) in [6.45, 7) is 4.31. The van der Waals surface area contributed by atoms with Gasteiger partial charge in [-0.1, -0.05) is 6.07 Å². The average Bonchev–Trinajstić information content (AvgIpc) is 2.66. The smallest absolute Gasteiger partial charge is 0.0540 e. The molecule has 2 aromatic rings. The molecule has 3 rings (SSSR count). The van der Waals surface area contributed by atoms with Crippen LogP contribution in [0.25, 0.3) is 10.9 Å². The second kappa shape index (κ2) is 4.43. The van der Waals surface area contributed by atoms with Crippen molar-refractivity contribution in [2.45, 2.75) is 51.6 Å². The zero-order valence-electron chi connectivity index (χ0n) is 11.2. The van der Waals surface area contributed by atoms with Gasteiger partial charge >= 0.3 is 0 Å². The van der Waals surface area contributed by atoms with Crippen LogP contribution in [0.2, 0.25) is 0 Å². The predicted molar refractivity (Wildman–Crippen MR) is 75.0 cm³/mol. The van der Waals surface area contributed by atoms with E-state index in [0.717, 1.165) is 25.7 Å². The van der Waals surface area contributed by atoms with Crippen molar-refractivity contribution in [1.29, 1.82) is 0 Å². The van der Waals surface area contributed by atoms with E-state index in [1.165, 1.54) is 27.7 Å². The van der Waals surface area contributed by atoms with E-state index in [9.17, 15) is 5.11 Å². The van der Waals surface area contributed by atoms with Gasteiger partial charge in [-0.2, -0.15) is 0 Å². The molecule has 1 aliphatic carbocycles. The SMILES string of the molecule is Cc1[nH]c2ccc(C3CCC(O)CC3)cc2c1C. The normalized spacial score (nSPS) is 24.6. The number of fused-ring (bicyclic) bond motifs is 1. The molecule has 18 heavy (non-hydrogen) atoms. The van der Waals surface area contributed by atoms with Crippen LogP contribution >= 0.6 is 0 Å². The molecule has 0 unspecified atom stereocenters. The number of nitrogens with one attached hydrogen (secondary N) is 1. The van der Waals surface area contributed by atoms with Crippen LogP contribution in [0.4, 0.5) is 0 Å². The zero-order valence-corrected chi connectivity index (χ0v) is 11.2. The van der Waals surface area contributed by atoms with Gasteiger partial charge in [0.15, 0.2) is 0 Å². The van der Waals surface area contributed by atoms with Crippen LogP contribution in [-0.2, 0) is 0 Å². The van der Waals surface area contributed by atoms with Gasteiger partial charge in [0.25, 0.3) is 0 Å². The minimum atomic E-state index is -0.0683. The fourth-order valence-electron chi connectivity index (χ4n) is 3.14. The lowest BCUT2D eigenvalue weighted by atomic mass is 9.82. The fraction of sp³-hybridized carbons (Fsp3) is 0.500. The third kappa shape index (κ3) is 1.95. The molecular formula is C16H21NO. The van der Waals surface area contributed by atoms with Gasteiger partial charge < -0.3 is 10.1 Å². The first kappa shape index (κ1) is 11.8.